The maximum atomic E-state index is 4.11. The Hall–Kier alpha value is 0.0700. The molecule has 1 aliphatic rings. The molecule has 1 saturated heterocycles. The van der Waals surface area contributed by atoms with Gasteiger partial charge in [-0.05, 0) is 25.3 Å². The number of nitrogens with zero attached hydrogens (tertiary/aromatic N) is 2. The van der Waals surface area contributed by atoms with Crippen LogP contribution in [-0.4, -0.2) is 28.3 Å². The molecule has 0 aromatic carbocycles. The molecule has 0 aliphatic carbocycles. The first-order valence-corrected chi connectivity index (χ1v) is 7.04. The second-order valence-electron chi connectivity index (χ2n) is 3.87. The predicted molar refractivity (Wildman–Crippen MR) is 63.9 cm³/mol. The molecular formula is C10H15BrN2S. The lowest BCUT2D eigenvalue weighted by Gasteiger charge is -2.31. The Morgan fingerprint density at radius 1 is 1.64 bits per heavy atom. The van der Waals surface area contributed by atoms with E-state index in [-0.39, 0.29) is 0 Å². The van der Waals surface area contributed by atoms with Gasteiger partial charge in [-0.2, -0.15) is 0 Å². The van der Waals surface area contributed by atoms with Crippen LogP contribution in [0.5, 0.6) is 0 Å². The van der Waals surface area contributed by atoms with E-state index >= 15 is 0 Å². The molecule has 0 saturated carbocycles. The largest absolute Gasteiger partial charge is 0.298 e. The number of hydrogen-bond donors (Lipinski definition) is 0. The Bertz CT molecular complexity index is 263. The van der Waals surface area contributed by atoms with Crippen LogP contribution in [0, 0.1) is 5.92 Å². The Kier molecular flexibility index (Phi) is 3.96. The summed E-state index contributed by atoms with van der Waals surface area (Å²) in [6.07, 6.45) is 4.71. The summed E-state index contributed by atoms with van der Waals surface area (Å²) in [4.78, 5) is 8.04. The smallest absolute Gasteiger partial charge is 0.0794 e. The van der Waals surface area contributed by atoms with Gasteiger partial charge in [0.2, 0.25) is 0 Å². The van der Waals surface area contributed by atoms with Gasteiger partial charge in [0.25, 0.3) is 0 Å². The molecule has 1 fully saturated rings. The number of likely N-dealkylation sites (tertiary alicyclic amines) is 1. The number of alkyl halides is 1. The number of rotatable bonds is 3. The molecule has 0 bridgehead atoms. The lowest BCUT2D eigenvalue weighted by Crippen LogP contribution is -2.35. The van der Waals surface area contributed by atoms with E-state index in [1.807, 2.05) is 11.7 Å². The molecule has 14 heavy (non-hydrogen) atoms. The van der Waals surface area contributed by atoms with Gasteiger partial charge < -0.3 is 0 Å². The van der Waals surface area contributed by atoms with E-state index in [1.54, 1.807) is 11.3 Å². The summed E-state index contributed by atoms with van der Waals surface area (Å²) < 4.78 is 0. The van der Waals surface area contributed by atoms with E-state index in [0.29, 0.717) is 0 Å². The molecule has 2 heterocycles. The minimum atomic E-state index is 0.844. The van der Waals surface area contributed by atoms with E-state index in [1.165, 1.54) is 30.8 Å². The quantitative estimate of drug-likeness (QED) is 0.788. The van der Waals surface area contributed by atoms with Crippen molar-refractivity contribution in [2.45, 2.75) is 19.4 Å². The zero-order valence-corrected chi connectivity index (χ0v) is 10.6. The van der Waals surface area contributed by atoms with Crippen molar-refractivity contribution in [3.63, 3.8) is 0 Å². The molecule has 4 heteroatoms. The minimum Gasteiger partial charge on any atom is -0.298 e. The van der Waals surface area contributed by atoms with E-state index in [4.69, 9.17) is 0 Å². The fourth-order valence-electron chi connectivity index (χ4n) is 1.96. The first-order valence-electron chi connectivity index (χ1n) is 5.04. The van der Waals surface area contributed by atoms with Gasteiger partial charge in [0.05, 0.1) is 5.51 Å². The highest BCUT2D eigenvalue weighted by molar-refractivity contribution is 9.09. The van der Waals surface area contributed by atoms with Crippen LogP contribution < -0.4 is 0 Å². The van der Waals surface area contributed by atoms with Crippen LogP contribution in [0.1, 0.15) is 17.7 Å². The zero-order chi connectivity index (χ0) is 9.80. The SMILES string of the molecule is BrCC1CCCN(Cc2cncs2)C1. The third-order valence-electron chi connectivity index (χ3n) is 2.68. The van der Waals surface area contributed by atoms with Gasteiger partial charge in [0.15, 0.2) is 0 Å². The Morgan fingerprint density at radius 2 is 2.57 bits per heavy atom. The summed E-state index contributed by atoms with van der Waals surface area (Å²) in [6, 6.07) is 0. The van der Waals surface area contributed by atoms with E-state index < -0.39 is 0 Å². The van der Waals surface area contributed by atoms with Gasteiger partial charge in [0, 0.05) is 29.5 Å². The third-order valence-corrected chi connectivity index (χ3v) is 4.36. The van der Waals surface area contributed by atoms with Gasteiger partial charge in [-0.3, -0.25) is 9.88 Å². The van der Waals surface area contributed by atoms with Gasteiger partial charge in [-0.25, -0.2) is 0 Å². The van der Waals surface area contributed by atoms with Crippen molar-refractivity contribution in [1.29, 1.82) is 0 Å². The lowest BCUT2D eigenvalue weighted by molar-refractivity contribution is 0.180. The standard InChI is InChI=1S/C10H15BrN2S/c11-4-9-2-1-3-13(6-9)7-10-5-12-8-14-10/h5,8-9H,1-4,6-7H2. The third kappa shape index (κ3) is 2.78. The van der Waals surface area contributed by atoms with Crippen LogP contribution in [0.2, 0.25) is 0 Å². The fourth-order valence-corrected chi connectivity index (χ4v) is 3.13. The molecular weight excluding hydrogens is 260 g/mol. The highest BCUT2D eigenvalue weighted by Crippen LogP contribution is 2.20. The van der Waals surface area contributed by atoms with E-state index in [2.05, 4.69) is 25.8 Å². The van der Waals surface area contributed by atoms with Crippen LogP contribution >= 0.6 is 27.3 Å². The van der Waals surface area contributed by atoms with Crippen LogP contribution in [-0.2, 0) is 6.54 Å². The summed E-state index contributed by atoms with van der Waals surface area (Å²) >= 11 is 5.34. The first-order chi connectivity index (χ1) is 6.88. The second kappa shape index (κ2) is 5.24. The highest BCUT2D eigenvalue weighted by atomic mass is 79.9. The summed E-state index contributed by atoms with van der Waals surface area (Å²) in [5.41, 5.74) is 1.92. The summed E-state index contributed by atoms with van der Waals surface area (Å²) in [6.45, 7) is 3.58. The molecule has 1 aliphatic heterocycles. The number of piperidine rings is 1. The molecule has 2 nitrogen and oxygen atoms in total. The molecule has 2 rings (SSSR count). The molecule has 1 unspecified atom stereocenters. The van der Waals surface area contributed by atoms with E-state index in [9.17, 15) is 0 Å². The average molecular weight is 275 g/mol. The monoisotopic (exact) mass is 274 g/mol. The van der Waals surface area contributed by atoms with Crippen molar-refractivity contribution < 1.29 is 0 Å². The summed E-state index contributed by atoms with van der Waals surface area (Å²) in [7, 11) is 0. The zero-order valence-electron chi connectivity index (χ0n) is 8.16. The molecule has 1 aromatic rings. The van der Waals surface area contributed by atoms with Gasteiger partial charge >= 0.3 is 0 Å². The number of hydrogen-bond acceptors (Lipinski definition) is 3. The Balaban J connectivity index is 1.86. The first kappa shape index (κ1) is 10.6. The lowest BCUT2D eigenvalue weighted by atomic mass is 10.0. The van der Waals surface area contributed by atoms with Crippen LogP contribution in [0.25, 0.3) is 0 Å². The van der Waals surface area contributed by atoms with Crippen molar-refractivity contribution in [3.8, 4) is 0 Å². The summed E-state index contributed by atoms with van der Waals surface area (Å²) in [5, 5.41) is 1.15. The predicted octanol–water partition coefficient (Wildman–Crippen LogP) is 2.75. The van der Waals surface area contributed by atoms with Crippen molar-refractivity contribution in [2.24, 2.45) is 5.92 Å². The van der Waals surface area contributed by atoms with Crippen LogP contribution in [0.3, 0.4) is 0 Å². The highest BCUT2D eigenvalue weighted by Gasteiger charge is 2.18. The maximum absolute atomic E-state index is 4.11. The van der Waals surface area contributed by atoms with E-state index in [0.717, 1.165) is 17.8 Å². The molecule has 1 aromatic heterocycles. The number of thiazole rings is 1. The molecule has 0 amide bonds. The second-order valence-corrected chi connectivity index (χ2v) is 5.48. The Morgan fingerprint density at radius 3 is 3.29 bits per heavy atom. The molecule has 78 valence electrons. The van der Waals surface area contributed by atoms with Crippen molar-refractivity contribution in [3.05, 3.63) is 16.6 Å². The van der Waals surface area contributed by atoms with Crippen LogP contribution in [0.15, 0.2) is 11.7 Å². The number of halogens is 1. The molecule has 1 atom stereocenters. The molecule has 0 radical (unpaired) electrons. The number of aromatic nitrogens is 1. The van der Waals surface area contributed by atoms with Gasteiger partial charge in [-0.1, -0.05) is 15.9 Å². The average Bonchev–Trinajstić information content (AvgIpc) is 2.71. The van der Waals surface area contributed by atoms with Crippen LogP contribution in [0.4, 0.5) is 0 Å². The maximum Gasteiger partial charge on any atom is 0.0794 e. The van der Waals surface area contributed by atoms with Crippen molar-refractivity contribution >= 4 is 27.3 Å². The fraction of sp³-hybridized carbons (Fsp3) is 0.700. The van der Waals surface area contributed by atoms with Gasteiger partial charge in [-0.15, -0.1) is 11.3 Å². The minimum absolute atomic E-state index is 0.844. The summed E-state index contributed by atoms with van der Waals surface area (Å²) in [5.74, 6) is 0.844. The molecule has 0 spiro atoms. The topological polar surface area (TPSA) is 16.1 Å². The Labute approximate surface area is 97.5 Å². The normalized spacial score (nSPS) is 23.9. The molecule has 0 N–H and O–H groups in total. The van der Waals surface area contributed by atoms with Gasteiger partial charge in [0.1, 0.15) is 0 Å². The van der Waals surface area contributed by atoms with Crippen molar-refractivity contribution in [1.82, 2.24) is 9.88 Å². The van der Waals surface area contributed by atoms with Crippen molar-refractivity contribution in [2.75, 3.05) is 18.4 Å².